The Kier molecular flexibility index (Phi) is 7.33. The summed E-state index contributed by atoms with van der Waals surface area (Å²) in [4.78, 5) is 16.9. The molecular weight excluding hydrogens is 466 g/mol. The van der Waals surface area contributed by atoms with E-state index in [-0.39, 0.29) is 23.7 Å². The fourth-order valence-corrected chi connectivity index (χ4v) is 4.90. The number of rotatable bonds is 9. The number of carbonyl (C=O) groups excluding carboxylic acids is 1. The molecule has 0 aliphatic carbocycles. The summed E-state index contributed by atoms with van der Waals surface area (Å²) in [5.41, 5.74) is 2.21. The van der Waals surface area contributed by atoms with Crippen LogP contribution in [0, 0.1) is 0 Å². The number of para-hydroxylation sites is 1. The molecule has 176 valence electrons. The van der Waals surface area contributed by atoms with Gasteiger partial charge in [-0.3, -0.25) is 9.36 Å². The number of nitrogens with one attached hydrogen (secondary N) is 1. The van der Waals surface area contributed by atoms with Crippen LogP contribution in [0.25, 0.3) is 10.2 Å². The summed E-state index contributed by atoms with van der Waals surface area (Å²) in [5.74, 6) is 1.49. The number of allylic oxidation sites excluding steroid dienone is 1. The average molecular weight is 494 g/mol. The van der Waals surface area contributed by atoms with Crippen LogP contribution in [0.5, 0.6) is 5.75 Å². The van der Waals surface area contributed by atoms with Crippen LogP contribution in [0.4, 0.5) is 5.13 Å². The summed E-state index contributed by atoms with van der Waals surface area (Å²) >= 11 is 2.77. The minimum absolute atomic E-state index is 0.0914. The summed E-state index contributed by atoms with van der Waals surface area (Å²) in [7, 11) is 0. The van der Waals surface area contributed by atoms with Gasteiger partial charge in [-0.2, -0.15) is 0 Å². The van der Waals surface area contributed by atoms with Gasteiger partial charge in [0.25, 0.3) is 0 Å². The second-order valence-electron chi connectivity index (χ2n) is 8.68. The first kappa shape index (κ1) is 24.0. The molecule has 2 heterocycles. The van der Waals surface area contributed by atoms with Gasteiger partial charge in [0.05, 0.1) is 16.0 Å². The van der Waals surface area contributed by atoms with Crippen LogP contribution >= 0.6 is 23.1 Å². The molecule has 7 nitrogen and oxygen atoms in total. The summed E-state index contributed by atoms with van der Waals surface area (Å²) in [6.45, 7) is 11.2. The van der Waals surface area contributed by atoms with Crippen LogP contribution in [0.15, 0.2) is 66.3 Å². The lowest BCUT2D eigenvalue weighted by molar-refractivity contribution is -0.113. The van der Waals surface area contributed by atoms with E-state index in [1.54, 1.807) is 6.08 Å². The zero-order valence-corrected chi connectivity index (χ0v) is 21.1. The number of hydrogen-bond donors (Lipinski definition) is 1. The van der Waals surface area contributed by atoms with Crippen molar-refractivity contribution in [3.8, 4) is 5.75 Å². The van der Waals surface area contributed by atoms with E-state index < -0.39 is 0 Å². The van der Waals surface area contributed by atoms with Gasteiger partial charge in [0.15, 0.2) is 16.1 Å². The molecule has 1 N–H and O–H groups in total. The highest BCUT2D eigenvalue weighted by molar-refractivity contribution is 7.99. The van der Waals surface area contributed by atoms with Gasteiger partial charge in [-0.05, 0) is 35.2 Å². The lowest BCUT2D eigenvalue weighted by Crippen LogP contribution is -2.14. The Bertz CT molecular complexity index is 1260. The molecule has 4 aromatic rings. The number of thioether (sulfide) groups is 1. The first-order valence-electron chi connectivity index (χ1n) is 10.9. The molecule has 2 aromatic heterocycles. The SMILES string of the molecule is C=CCn1c(COc2ccc(C(C)(C)C)cc2)nnc1SCC(=O)Nc1nc2ccccc2s1. The minimum atomic E-state index is -0.144. The summed E-state index contributed by atoms with van der Waals surface area (Å²) in [6, 6.07) is 15.9. The van der Waals surface area contributed by atoms with Crippen molar-refractivity contribution in [1.82, 2.24) is 19.7 Å². The van der Waals surface area contributed by atoms with Gasteiger partial charge in [0, 0.05) is 6.54 Å². The summed E-state index contributed by atoms with van der Waals surface area (Å²) in [5, 5.41) is 12.6. The predicted molar refractivity (Wildman–Crippen MR) is 139 cm³/mol. The van der Waals surface area contributed by atoms with Gasteiger partial charge in [0.2, 0.25) is 5.91 Å². The molecule has 0 spiro atoms. The third-order valence-corrected chi connectivity index (χ3v) is 6.98. The van der Waals surface area contributed by atoms with E-state index in [1.165, 1.54) is 28.7 Å². The fourth-order valence-electron chi connectivity index (χ4n) is 3.26. The van der Waals surface area contributed by atoms with E-state index in [1.807, 2.05) is 41.0 Å². The van der Waals surface area contributed by atoms with Crippen molar-refractivity contribution in [2.75, 3.05) is 11.1 Å². The molecule has 0 unspecified atom stereocenters. The quantitative estimate of drug-likeness (QED) is 0.239. The molecule has 0 aliphatic heterocycles. The smallest absolute Gasteiger partial charge is 0.236 e. The molecule has 34 heavy (non-hydrogen) atoms. The second kappa shape index (κ2) is 10.4. The number of thiazole rings is 1. The van der Waals surface area contributed by atoms with Crippen molar-refractivity contribution in [1.29, 1.82) is 0 Å². The Morgan fingerprint density at radius 2 is 1.94 bits per heavy atom. The van der Waals surface area contributed by atoms with E-state index >= 15 is 0 Å². The van der Waals surface area contributed by atoms with Crippen molar-refractivity contribution in [3.05, 3.63) is 72.6 Å². The Hall–Kier alpha value is -3.17. The number of anilines is 1. The van der Waals surface area contributed by atoms with Crippen molar-refractivity contribution in [2.24, 2.45) is 0 Å². The van der Waals surface area contributed by atoms with E-state index in [0.717, 1.165) is 16.0 Å². The number of aromatic nitrogens is 4. The highest BCUT2D eigenvalue weighted by Crippen LogP contribution is 2.27. The molecule has 0 bridgehead atoms. The van der Waals surface area contributed by atoms with Crippen LogP contribution in [-0.4, -0.2) is 31.4 Å². The third-order valence-electron chi connectivity index (χ3n) is 5.07. The zero-order chi connectivity index (χ0) is 24.1. The maximum absolute atomic E-state index is 12.5. The van der Waals surface area contributed by atoms with Crippen LogP contribution in [-0.2, 0) is 23.4 Å². The average Bonchev–Trinajstić information content (AvgIpc) is 3.39. The highest BCUT2D eigenvalue weighted by atomic mass is 32.2. The molecule has 0 radical (unpaired) electrons. The van der Waals surface area contributed by atoms with Gasteiger partial charge in [0.1, 0.15) is 12.4 Å². The van der Waals surface area contributed by atoms with Crippen molar-refractivity contribution in [2.45, 2.75) is 44.5 Å². The van der Waals surface area contributed by atoms with E-state index in [2.05, 4.69) is 60.0 Å². The van der Waals surface area contributed by atoms with Gasteiger partial charge < -0.3 is 10.1 Å². The molecule has 1 amide bonds. The Balaban J connectivity index is 1.36. The number of nitrogens with zero attached hydrogens (tertiary/aromatic N) is 4. The lowest BCUT2D eigenvalue weighted by Gasteiger charge is -2.19. The monoisotopic (exact) mass is 493 g/mol. The third kappa shape index (κ3) is 5.84. The highest BCUT2D eigenvalue weighted by Gasteiger charge is 2.16. The van der Waals surface area contributed by atoms with Crippen LogP contribution < -0.4 is 10.1 Å². The van der Waals surface area contributed by atoms with Gasteiger partial charge in [-0.1, -0.05) is 74.2 Å². The topological polar surface area (TPSA) is 81.9 Å². The molecule has 0 atom stereocenters. The van der Waals surface area contributed by atoms with Gasteiger partial charge in [-0.15, -0.1) is 16.8 Å². The Morgan fingerprint density at radius 1 is 1.18 bits per heavy atom. The second-order valence-corrected chi connectivity index (χ2v) is 10.7. The van der Waals surface area contributed by atoms with Crippen LogP contribution in [0.2, 0.25) is 0 Å². The first-order valence-corrected chi connectivity index (χ1v) is 12.7. The fraction of sp³-hybridized carbons (Fsp3) is 0.280. The zero-order valence-electron chi connectivity index (χ0n) is 19.4. The molecule has 2 aromatic carbocycles. The number of amides is 1. The van der Waals surface area contributed by atoms with E-state index in [0.29, 0.717) is 22.7 Å². The standard InChI is InChI=1S/C25H27N5O2S2/c1-5-14-30-21(15-32-18-12-10-17(11-13-18)25(2,3)4)28-29-24(30)33-16-22(31)27-23-26-19-8-6-7-9-20(19)34-23/h5-13H,1,14-16H2,2-4H3,(H,26,27,31). The van der Waals surface area contributed by atoms with Crippen molar-refractivity contribution >= 4 is 44.4 Å². The lowest BCUT2D eigenvalue weighted by atomic mass is 9.87. The molecule has 0 fully saturated rings. The molecule has 0 saturated carbocycles. The maximum Gasteiger partial charge on any atom is 0.236 e. The molecule has 9 heteroatoms. The molecule has 0 saturated heterocycles. The molecule has 0 aliphatic rings. The van der Waals surface area contributed by atoms with Crippen LogP contribution in [0.1, 0.15) is 32.2 Å². The van der Waals surface area contributed by atoms with Gasteiger partial charge in [-0.25, -0.2) is 4.98 Å². The van der Waals surface area contributed by atoms with E-state index in [9.17, 15) is 4.79 Å². The summed E-state index contributed by atoms with van der Waals surface area (Å²) < 4.78 is 8.89. The van der Waals surface area contributed by atoms with Crippen LogP contribution in [0.3, 0.4) is 0 Å². The van der Waals surface area contributed by atoms with Gasteiger partial charge >= 0.3 is 0 Å². The normalized spacial score (nSPS) is 11.5. The molecular formula is C25H27N5O2S2. The largest absolute Gasteiger partial charge is 0.486 e. The van der Waals surface area contributed by atoms with Crippen molar-refractivity contribution in [3.63, 3.8) is 0 Å². The van der Waals surface area contributed by atoms with E-state index in [4.69, 9.17) is 4.74 Å². The van der Waals surface area contributed by atoms with Crippen molar-refractivity contribution < 1.29 is 9.53 Å². The number of carbonyl (C=O) groups is 1. The number of benzene rings is 2. The first-order chi connectivity index (χ1) is 16.3. The number of fused-ring (bicyclic) bond motifs is 1. The summed E-state index contributed by atoms with van der Waals surface area (Å²) in [6.07, 6.45) is 1.77. The number of hydrogen-bond acceptors (Lipinski definition) is 7. The Morgan fingerprint density at radius 3 is 2.65 bits per heavy atom. The predicted octanol–water partition coefficient (Wildman–Crippen LogP) is 5.68. The molecule has 4 rings (SSSR count). The maximum atomic E-state index is 12.5. The number of ether oxygens (including phenoxy) is 1. The minimum Gasteiger partial charge on any atom is -0.486 e. The Labute approximate surface area is 207 Å².